The Labute approximate surface area is 223 Å². The van der Waals surface area contributed by atoms with Gasteiger partial charge in [0.1, 0.15) is 17.1 Å². The molecular formula is C25H27ClFN4O6P. The van der Waals surface area contributed by atoms with Gasteiger partial charge in [-0.05, 0) is 35.9 Å². The number of nitrogens with two attached hydrogens (primary N) is 1. The normalized spacial score (nSPS) is 16.9. The Hall–Kier alpha value is -3.53. The number of anilines is 1. The molecule has 0 saturated heterocycles. The molecule has 1 atom stereocenters. The number of fused-ring (bicyclic) bond motifs is 1. The van der Waals surface area contributed by atoms with Crippen molar-refractivity contribution in [3.8, 4) is 17.4 Å². The molecule has 38 heavy (non-hydrogen) atoms. The second-order valence-electron chi connectivity index (χ2n) is 9.69. The Morgan fingerprint density at radius 2 is 1.95 bits per heavy atom. The number of primary amides is 1. The van der Waals surface area contributed by atoms with E-state index >= 15 is 0 Å². The SMILES string of the molecule is COP1(=O)N=C(c2c(O)c(C(C)(C)C)n(Cc3ccc(F)c(Cl)c3)c2O)Nc2ccc(OCC(N)=O)cc21. The van der Waals surface area contributed by atoms with Crippen LogP contribution in [-0.2, 0) is 25.8 Å². The van der Waals surface area contributed by atoms with E-state index in [9.17, 15) is 24.0 Å². The summed E-state index contributed by atoms with van der Waals surface area (Å²) in [4.78, 5) is 11.1. The molecule has 0 saturated carbocycles. The minimum Gasteiger partial charge on any atom is -0.505 e. The van der Waals surface area contributed by atoms with Gasteiger partial charge in [0.15, 0.2) is 18.2 Å². The first kappa shape index (κ1) is 27.5. The molecule has 1 aliphatic rings. The Morgan fingerprint density at radius 3 is 2.55 bits per heavy atom. The van der Waals surface area contributed by atoms with Crippen molar-refractivity contribution in [3.63, 3.8) is 0 Å². The number of halogens is 2. The minimum atomic E-state index is -3.91. The summed E-state index contributed by atoms with van der Waals surface area (Å²) in [6, 6.07) is 8.66. The van der Waals surface area contributed by atoms with Crippen LogP contribution in [0.3, 0.4) is 0 Å². The van der Waals surface area contributed by atoms with Gasteiger partial charge < -0.3 is 35.1 Å². The lowest BCUT2D eigenvalue weighted by Crippen LogP contribution is -2.26. The third-order valence-electron chi connectivity index (χ3n) is 5.87. The van der Waals surface area contributed by atoms with Crippen LogP contribution in [0.4, 0.5) is 10.1 Å². The number of rotatable bonds is 7. The fourth-order valence-corrected chi connectivity index (χ4v) is 5.96. The van der Waals surface area contributed by atoms with Crippen molar-refractivity contribution >= 4 is 41.9 Å². The number of amides is 1. The van der Waals surface area contributed by atoms with Gasteiger partial charge in [-0.2, -0.15) is 4.76 Å². The second kappa shape index (κ2) is 9.98. The van der Waals surface area contributed by atoms with Crippen LogP contribution in [0.25, 0.3) is 0 Å². The number of ether oxygens (including phenoxy) is 1. The molecule has 3 aromatic rings. The van der Waals surface area contributed by atoms with Crippen LogP contribution in [0.5, 0.6) is 17.4 Å². The maximum atomic E-state index is 13.8. The lowest BCUT2D eigenvalue weighted by molar-refractivity contribution is -0.119. The summed E-state index contributed by atoms with van der Waals surface area (Å²) in [5, 5.41) is 25.7. The Kier molecular flexibility index (Phi) is 7.22. The number of hydrogen-bond acceptors (Lipinski definition) is 7. The van der Waals surface area contributed by atoms with Gasteiger partial charge in [0.05, 0.1) is 28.3 Å². The number of nitrogens with zero attached hydrogens (tertiary/aromatic N) is 2. The van der Waals surface area contributed by atoms with Crippen molar-refractivity contribution in [2.75, 3.05) is 19.0 Å². The average molecular weight is 565 g/mol. The first-order valence-electron chi connectivity index (χ1n) is 11.4. The highest BCUT2D eigenvalue weighted by atomic mass is 35.5. The van der Waals surface area contributed by atoms with E-state index in [0.29, 0.717) is 16.9 Å². The van der Waals surface area contributed by atoms with E-state index in [1.807, 2.05) is 20.8 Å². The number of carbonyl (C=O) groups excluding carboxylic acids is 1. The number of hydrogen-bond donors (Lipinski definition) is 4. The fraction of sp³-hybridized carbons (Fsp3) is 0.280. The summed E-state index contributed by atoms with van der Waals surface area (Å²) in [5.41, 5.74) is 5.66. The summed E-state index contributed by atoms with van der Waals surface area (Å²) in [6.07, 6.45) is 0. The number of aromatic nitrogens is 1. The largest absolute Gasteiger partial charge is 0.505 e. The summed E-state index contributed by atoms with van der Waals surface area (Å²) >= 11 is 5.95. The number of amidine groups is 1. The molecule has 1 aliphatic heterocycles. The van der Waals surface area contributed by atoms with E-state index in [4.69, 9.17) is 26.6 Å². The predicted molar refractivity (Wildman–Crippen MR) is 143 cm³/mol. The van der Waals surface area contributed by atoms with Gasteiger partial charge in [-0.25, -0.2) is 4.39 Å². The highest BCUT2D eigenvalue weighted by Gasteiger charge is 2.38. The van der Waals surface area contributed by atoms with Crippen LogP contribution in [0, 0.1) is 5.82 Å². The van der Waals surface area contributed by atoms with Crippen LogP contribution < -0.4 is 21.1 Å². The molecule has 2 heterocycles. The van der Waals surface area contributed by atoms with Gasteiger partial charge in [-0.1, -0.05) is 38.4 Å². The second-order valence-corrected chi connectivity index (χ2v) is 12.2. The molecule has 2 aromatic carbocycles. The third-order valence-corrected chi connectivity index (χ3v) is 8.10. The summed E-state index contributed by atoms with van der Waals surface area (Å²) < 4.78 is 43.8. The molecule has 10 nitrogen and oxygen atoms in total. The van der Waals surface area contributed by atoms with Crippen molar-refractivity contribution in [1.29, 1.82) is 0 Å². The van der Waals surface area contributed by atoms with E-state index in [1.54, 1.807) is 6.07 Å². The topological polar surface area (TPSA) is 148 Å². The Balaban J connectivity index is 1.83. The molecule has 4 rings (SSSR count). The molecule has 0 spiro atoms. The van der Waals surface area contributed by atoms with Gasteiger partial charge in [-0.15, -0.1) is 0 Å². The van der Waals surface area contributed by atoms with Crippen molar-refractivity contribution in [2.24, 2.45) is 10.5 Å². The monoisotopic (exact) mass is 564 g/mol. The molecule has 1 amide bonds. The summed E-state index contributed by atoms with van der Waals surface area (Å²) in [7, 11) is -2.69. The quantitative estimate of drug-likeness (QED) is 0.314. The van der Waals surface area contributed by atoms with Crippen LogP contribution in [-0.4, -0.2) is 40.2 Å². The molecule has 0 bridgehead atoms. The zero-order valence-corrected chi connectivity index (χ0v) is 22.7. The number of aromatic hydroxyl groups is 2. The number of carbonyl (C=O) groups is 1. The molecule has 1 unspecified atom stereocenters. The lowest BCUT2D eigenvalue weighted by Gasteiger charge is -2.24. The maximum Gasteiger partial charge on any atom is 0.348 e. The zero-order valence-electron chi connectivity index (χ0n) is 21.1. The van der Waals surface area contributed by atoms with Crippen LogP contribution >= 0.6 is 19.1 Å². The zero-order chi connectivity index (χ0) is 28.0. The molecule has 5 N–H and O–H groups in total. The molecule has 0 fully saturated rings. The van der Waals surface area contributed by atoms with Crippen molar-refractivity contribution in [2.45, 2.75) is 32.7 Å². The van der Waals surface area contributed by atoms with E-state index < -0.39 is 24.7 Å². The Morgan fingerprint density at radius 1 is 1.24 bits per heavy atom. The molecule has 0 aliphatic carbocycles. The molecule has 13 heteroatoms. The van der Waals surface area contributed by atoms with Crippen molar-refractivity contribution in [1.82, 2.24) is 4.57 Å². The van der Waals surface area contributed by atoms with Crippen LogP contribution in [0.15, 0.2) is 41.2 Å². The number of nitrogens with one attached hydrogen (secondary N) is 1. The lowest BCUT2D eigenvalue weighted by atomic mass is 9.91. The van der Waals surface area contributed by atoms with E-state index in [-0.39, 0.29) is 52.3 Å². The molecule has 202 valence electrons. The first-order valence-corrected chi connectivity index (χ1v) is 13.4. The Bertz CT molecular complexity index is 1510. The van der Waals surface area contributed by atoms with Crippen molar-refractivity contribution < 1.29 is 33.2 Å². The minimum absolute atomic E-state index is 0.0539. The predicted octanol–water partition coefficient (Wildman–Crippen LogP) is 4.24. The summed E-state index contributed by atoms with van der Waals surface area (Å²) in [5.74, 6) is -1.74. The standard InChI is InChI=1S/C25H27ClFN4O6P/c1-25(2,3)22-21(33)20(24(34)31(22)11-13-5-7-16(27)15(26)9-13)23-29-17-8-6-14(37-12-19(28)32)10-18(17)38(35,30-23)36-4/h5-10,33-34H,11-12H2,1-4H3,(H2,28,32)(H,29,30,35). The first-order chi connectivity index (χ1) is 17.7. The van der Waals surface area contributed by atoms with E-state index in [2.05, 4.69) is 10.1 Å². The van der Waals surface area contributed by atoms with Gasteiger partial charge in [0, 0.05) is 12.5 Å². The van der Waals surface area contributed by atoms with Crippen LogP contribution in [0.2, 0.25) is 5.02 Å². The van der Waals surface area contributed by atoms with Crippen LogP contribution in [0.1, 0.15) is 37.6 Å². The van der Waals surface area contributed by atoms with Gasteiger partial charge in [-0.3, -0.25) is 9.36 Å². The summed E-state index contributed by atoms with van der Waals surface area (Å²) in [6.45, 7) is 5.22. The van der Waals surface area contributed by atoms with Gasteiger partial charge >= 0.3 is 7.52 Å². The molecule has 0 radical (unpaired) electrons. The van der Waals surface area contributed by atoms with Crippen molar-refractivity contribution in [3.05, 3.63) is 64.1 Å². The highest BCUT2D eigenvalue weighted by molar-refractivity contribution is 7.66. The molecule has 1 aromatic heterocycles. The number of benzene rings is 2. The average Bonchev–Trinajstić information content (AvgIpc) is 3.09. The van der Waals surface area contributed by atoms with E-state index in [0.717, 1.165) is 0 Å². The fourth-order valence-electron chi connectivity index (χ4n) is 4.23. The van der Waals surface area contributed by atoms with Gasteiger partial charge in [0.25, 0.3) is 5.91 Å². The van der Waals surface area contributed by atoms with Gasteiger partial charge in [0.2, 0.25) is 5.88 Å². The third kappa shape index (κ3) is 5.09. The van der Waals surface area contributed by atoms with E-state index in [1.165, 1.54) is 42.0 Å². The highest BCUT2D eigenvalue weighted by Crippen LogP contribution is 2.53. The smallest absolute Gasteiger partial charge is 0.348 e. The molecular weight excluding hydrogens is 538 g/mol. The maximum absolute atomic E-state index is 13.8.